The number of hydrogen-bond donors (Lipinski definition) is 2. The quantitative estimate of drug-likeness (QED) is 0.462. The molecule has 0 amide bonds. The number of ketones is 1. The topological polar surface area (TPSA) is 83.8 Å². The van der Waals surface area contributed by atoms with Crippen molar-refractivity contribution in [2.45, 2.75) is 65.6 Å². The first kappa shape index (κ1) is 19.9. The standard InChI is InChI=1S/C20H30O5/c1-6-13(4)18(23)25-17-9-14(11-21)7-8-20(24)15(12(2)3)10-16(22)19(17,20)5/h6,9,12,15,17,21,24H,7-8,10-11H2,1-5H3/b13-6+/t15-,17+,19+,20+/m0/s1. The second kappa shape index (κ2) is 7.04. The monoisotopic (exact) mass is 350 g/mol. The van der Waals surface area contributed by atoms with Crippen LogP contribution in [-0.4, -0.2) is 40.3 Å². The highest BCUT2D eigenvalue weighted by atomic mass is 16.5. The van der Waals surface area contributed by atoms with E-state index in [1.807, 2.05) is 13.8 Å². The third-order valence-corrected chi connectivity index (χ3v) is 6.28. The number of carbonyl (C=O) groups is 2. The SMILES string of the molecule is C/C=C(\C)C(=O)O[C@@H]1C=C(CO)CC[C@@]2(O)[C@H](C(C)C)CC(=O)[C@]12C. The van der Waals surface area contributed by atoms with E-state index in [1.165, 1.54) is 0 Å². The summed E-state index contributed by atoms with van der Waals surface area (Å²) in [5.41, 5.74) is -1.33. The van der Waals surface area contributed by atoms with Gasteiger partial charge in [0.1, 0.15) is 11.9 Å². The van der Waals surface area contributed by atoms with Crippen LogP contribution >= 0.6 is 0 Å². The predicted molar refractivity (Wildman–Crippen MR) is 94.7 cm³/mol. The minimum atomic E-state index is -1.26. The van der Waals surface area contributed by atoms with Crippen molar-refractivity contribution in [1.82, 2.24) is 0 Å². The van der Waals surface area contributed by atoms with E-state index in [9.17, 15) is 19.8 Å². The van der Waals surface area contributed by atoms with Crippen molar-refractivity contribution in [3.63, 3.8) is 0 Å². The van der Waals surface area contributed by atoms with Gasteiger partial charge in [-0.3, -0.25) is 4.79 Å². The minimum absolute atomic E-state index is 0.0833. The average Bonchev–Trinajstić information content (AvgIpc) is 2.71. The van der Waals surface area contributed by atoms with Crippen LogP contribution in [0.15, 0.2) is 23.3 Å². The van der Waals surface area contributed by atoms with E-state index in [0.29, 0.717) is 24.0 Å². The molecular weight excluding hydrogens is 320 g/mol. The molecule has 0 aromatic heterocycles. The van der Waals surface area contributed by atoms with E-state index in [2.05, 4.69) is 0 Å². The normalized spacial score (nSPS) is 36.1. The molecule has 0 bridgehead atoms. The van der Waals surface area contributed by atoms with Crippen molar-refractivity contribution >= 4 is 11.8 Å². The van der Waals surface area contributed by atoms with Crippen molar-refractivity contribution in [3.05, 3.63) is 23.3 Å². The molecule has 0 saturated heterocycles. The molecule has 5 heteroatoms. The maximum Gasteiger partial charge on any atom is 0.334 e. The van der Waals surface area contributed by atoms with Crippen LogP contribution in [0.1, 0.15) is 53.9 Å². The van der Waals surface area contributed by atoms with E-state index in [4.69, 9.17) is 4.74 Å². The Bertz CT molecular complexity index is 618. The van der Waals surface area contributed by atoms with Gasteiger partial charge in [-0.05, 0) is 57.1 Å². The maximum atomic E-state index is 13.0. The van der Waals surface area contributed by atoms with E-state index in [1.54, 1.807) is 32.9 Å². The van der Waals surface area contributed by atoms with Gasteiger partial charge in [0.05, 0.1) is 17.6 Å². The Morgan fingerprint density at radius 1 is 1.48 bits per heavy atom. The fraction of sp³-hybridized carbons (Fsp3) is 0.700. The Labute approximate surface area is 149 Å². The average molecular weight is 350 g/mol. The van der Waals surface area contributed by atoms with Crippen LogP contribution < -0.4 is 0 Å². The van der Waals surface area contributed by atoms with Crippen molar-refractivity contribution in [2.24, 2.45) is 17.3 Å². The first-order valence-corrected chi connectivity index (χ1v) is 9.01. The number of aliphatic hydroxyl groups excluding tert-OH is 1. The Kier molecular flexibility index (Phi) is 5.59. The van der Waals surface area contributed by atoms with Crippen LogP contribution in [0.25, 0.3) is 0 Å². The van der Waals surface area contributed by atoms with Gasteiger partial charge in [-0.2, -0.15) is 0 Å². The van der Waals surface area contributed by atoms with Gasteiger partial charge in [-0.15, -0.1) is 0 Å². The number of ether oxygens (including phenoxy) is 1. The highest BCUT2D eigenvalue weighted by molar-refractivity contribution is 5.92. The van der Waals surface area contributed by atoms with Crippen LogP contribution in [0, 0.1) is 17.3 Å². The molecule has 0 heterocycles. The summed E-state index contributed by atoms with van der Waals surface area (Å²) >= 11 is 0. The van der Waals surface area contributed by atoms with Gasteiger partial charge >= 0.3 is 5.97 Å². The zero-order valence-corrected chi connectivity index (χ0v) is 15.8. The number of allylic oxidation sites excluding steroid dienone is 1. The molecular formula is C20H30O5. The minimum Gasteiger partial charge on any atom is -0.454 e. The van der Waals surface area contributed by atoms with E-state index in [-0.39, 0.29) is 30.6 Å². The summed E-state index contributed by atoms with van der Waals surface area (Å²) in [6.07, 6.45) is 3.57. The van der Waals surface area contributed by atoms with Crippen LogP contribution in [0.4, 0.5) is 0 Å². The Hall–Kier alpha value is -1.46. The number of aliphatic hydroxyl groups is 2. The maximum absolute atomic E-state index is 13.0. The molecule has 25 heavy (non-hydrogen) atoms. The van der Waals surface area contributed by atoms with Gasteiger partial charge < -0.3 is 14.9 Å². The molecule has 0 radical (unpaired) electrons. The highest BCUT2D eigenvalue weighted by Crippen LogP contribution is 2.56. The summed E-state index contributed by atoms with van der Waals surface area (Å²) in [7, 11) is 0. The first-order valence-electron chi connectivity index (χ1n) is 9.01. The zero-order chi connectivity index (χ0) is 19.0. The fourth-order valence-corrected chi connectivity index (χ4v) is 4.27. The lowest BCUT2D eigenvalue weighted by molar-refractivity contribution is -0.171. The molecule has 5 nitrogen and oxygen atoms in total. The predicted octanol–water partition coefficient (Wildman–Crippen LogP) is 2.56. The molecule has 4 atom stereocenters. The second-order valence-corrected chi connectivity index (χ2v) is 7.89. The molecule has 0 aromatic carbocycles. The zero-order valence-electron chi connectivity index (χ0n) is 15.8. The van der Waals surface area contributed by atoms with E-state index < -0.39 is 23.1 Å². The van der Waals surface area contributed by atoms with Crippen molar-refractivity contribution in [2.75, 3.05) is 6.61 Å². The number of Topliss-reactive ketones (excluding diaryl/α,β-unsaturated/α-hetero) is 1. The Morgan fingerprint density at radius 3 is 2.64 bits per heavy atom. The largest absolute Gasteiger partial charge is 0.454 e. The van der Waals surface area contributed by atoms with Gasteiger partial charge in [0.15, 0.2) is 0 Å². The van der Waals surface area contributed by atoms with Crippen LogP contribution in [0.2, 0.25) is 0 Å². The third kappa shape index (κ3) is 3.08. The number of hydrogen-bond acceptors (Lipinski definition) is 5. The molecule has 2 aliphatic rings. The van der Waals surface area contributed by atoms with Crippen LogP contribution in [0.3, 0.4) is 0 Å². The van der Waals surface area contributed by atoms with Crippen LogP contribution in [0.5, 0.6) is 0 Å². The summed E-state index contributed by atoms with van der Waals surface area (Å²) in [6.45, 7) is 8.92. The number of rotatable bonds is 4. The summed E-state index contributed by atoms with van der Waals surface area (Å²) < 4.78 is 5.66. The van der Waals surface area contributed by atoms with Gasteiger partial charge in [-0.25, -0.2) is 4.79 Å². The van der Waals surface area contributed by atoms with Crippen molar-refractivity contribution in [1.29, 1.82) is 0 Å². The van der Waals surface area contributed by atoms with Gasteiger partial charge in [0.25, 0.3) is 0 Å². The molecule has 0 spiro atoms. The summed E-state index contributed by atoms with van der Waals surface area (Å²) in [4.78, 5) is 25.3. The molecule has 0 unspecified atom stereocenters. The molecule has 1 fully saturated rings. The van der Waals surface area contributed by atoms with Gasteiger partial charge in [0, 0.05) is 12.0 Å². The third-order valence-electron chi connectivity index (χ3n) is 6.28. The van der Waals surface area contributed by atoms with Crippen molar-refractivity contribution < 1.29 is 24.5 Å². The molecule has 1 saturated carbocycles. The van der Waals surface area contributed by atoms with Gasteiger partial charge in [0.2, 0.25) is 0 Å². The van der Waals surface area contributed by atoms with Crippen LogP contribution in [-0.2, 0) is 14.3 Å². The molecule has 0 aliphatic heterocycles. The summed E-state index contributed by atoms with van der Waals surface area (Å²) in [5, 5.41) is 21.2. The van der Waals surface area contributed by atoms with E-state index in [0.717, 1.165) is 0 Å². The summed E-state index contributed by atoms with van der Waals surface area (Å²) in [5.74, 6) is -0.659. The molecule has 140 valence electrons. The smallest absolute Gasteiger partial charge is 0.334 e. The lowest BCUT2D eigenvalue weighted by atomic mass is 9.65. The second-order valence-electron chi connectivity index (χ2n) is 7.89. The fourth-order valence-electron chi connectivity index (χ4n) is 4.27. The highest BCUT2D eigenvalue weighted by Gasteiger charge is 2.66. The Morgan fingerprint density at radius 2 is 2.12 bits per heavy atom. The molecule has 2 rings (SSSR count). The first-order chi connectivity index (χ1) is 11.6. The number of carbonyl (C=O) groups excluding carboxylic acids is 2. The van der Waals surface area contributed by atoms with E-state index >= 15 is 0 Å². The molecule has 0 aromatic rings. The number of esters is 1. The van der Waals surface area contributed by atoms with Crippen molar-refractivity contribution in [3.8, 4) is 0 Å². The van der Waals surface area contributed by atoms with Gasteiger partial charge in [-0.1, -0.05) is 19.9 Å². The lowest BCUT2D eigenvalue weighted by Gasteiger charge is -2.44. The molecule has 2 N–H and O–H groups in total. The Balaban J connectivity index is 2.53. The molecule has 2 aliphatic carbocycles. The number of fused-ring (bicyclic) bond motifs is 1. The lowest BCUT2D eigenvalue weighted by Crippen LogP contribution is -2.56. The summed E-state index contributed by atoms with van der Waals surface area (Å²) in [6, 6.07) is 0.